The average Bonchev–Trinajstić information content (AvgIpc) is 3.30. The number of benzene rings is 1. The fraction of sp³-hybridized carbons (Fsp3) is 0.562. The molecular weight excluding hydrogens is 270 g/mol. The number of likely N-dealkylation sites (N-methyl/N-ethyl adjacent to an activating group) is 1. The topological polar surface area (TPSA) is 78.8 Å². The van der Waals surface area contributed by atoms with Crippen molar-refractivity contribution < 1.29 is 19.7 Å². The summed E-state index contributed by atoms with van der Waals surface area (Å²) in [5.74, 6) is -0.0479. The maximum atomic E-state index is 11.7. The number of aliphatic carboxylic acids is 1. The zero-order chi connectivity index (χ0) is 15.3. The molecule has 1 aliphatic carbocycles. The minimum Gasteiger partial charge on any atom is -0.491 e. The number of nitrogens with one attached hydrogen (secondary N) is 1. The maximum Gasteiger partial charge on any atom is 0.327 e. The van der Waals surface area contributed by atoms with Crippen molar-refractivity contribution in [2.24, 2.45) is 5.92 Å². The van der Waals surface area contributed by atoms with Gasteiger partial charge >= 0.3 is 5.97 Å². The Morgan fingerprint density at radius 2 is 2.05 bits per heavy atom. The van der Waals surface area contributed by atoms with Gasteiger partial charge in [0, 0.05) is 6.61 Å². The van der Waals surface area contributed by atoms with Crippen molar-refractivity contribution in [3.8, 4) is 5.75 Å². The molecule has 0 amide bonds. The molecule has 1 atom stereocenters. The first-order valence-corrected chi connectivity index (χ1v) is 7.43. The monoisotopic (exact) mass is 293 g/mol. The Morgan fingerprint density at radius 3 is 2.52 bits per heavy atom. The van der Waals surface area contributed by atoms with Crippen molar-refractivity contribution in [1.82, 2.24) is 5.32 Å². The van der Waals surface area contributed by atoms with E-state index in [2.05, 4.69) is 5.32 Å². The molecule has 1 fully saturated rings. The summed E-state index contributed by atoms with van der Waals surface area (Å²) < 4.78 is 5.71. The lowest BCUT2D eigenvalue weighted by atomic mass is 9.94. The van der Waals surface area contributed by atoms with Crippen LogP contribution in [0.2, 0.25) is 0 Å². The van der Waals surface area contributed by atoms with Crippen LogP contribution in [0.15, 0.2) is 24.3 Å². The number of carboxylic acids is 1. The highest BCUT2D eigenvalue weighted by molar-refractivity contribution is 5.80. The molecule has 0 radical (unpaired) electrons. The van der Waals surface area contributed by atoms with E-state index in [0.717, 1.165) is 18.4 Å². The van der Waals surface area contributed by atoms with Gasteiger partial charge in [-0.25, -0.2) is 0 Å². The Morgan fingerprint density at radius 1 is 1.38 bits per heavy atom. The summed E-state index contributed by atoms with van der Waals surface area (Å²) in [5, 5.41) is 21.6. The zero-order valence-corrected chi connectivity index (χ0v) is 12.3. The van der Waals surface area contributed by atoms with Crippen LogP contribution in [0.25, 0.3) is 0 Å². The Labute approximate surface area is 124 Å². The molecule has 3 N–H and O–H groups in total. The quantitative estimate of drug-likeness (QED) is 0.642. The lowest BCUT2D eigenvalue weighted by Gasteiger charge is -2.30. The number of carboxylic acid groups (broad SMARTS) is 1. The minimum absolute atomic E-state index is 0.116. The molecular formula is C16H23NO4. The second-order valence-corrected chi connectivity index (χ2v) is 5.49. The van der Waals surface area contributed by atoms with Gasteiger partial charge in [-0.1, -0.05) is 19.1 Å². The number of carbonyl (C=O) groups is 1. The molecule has 0 aromatic heterocycles. The van der Waals surface area contributed by atoms with Crippen LogP contribution in [0.1, 0.15) is 25.3 Å². The van der Waals surface area contributed by atoms with Crippen LogP contribution in [0.5, 0.6) is 5.75 Å². The predicted molar refractivity (Wildman–Crippen MR) is 79.5 cm³/mol. The van der Waals surface area contributed by atoms with Crippen molar-refractivity contribution in [2.75, 3.05) is 19.8 Å². The Balaban J connectivity index is 2.02. The van der Waals surface area contributed by atoms with Gasteiger partial charge < -0.3 is 14.9 Å². The van der Waals surface area contributed by atoms with Crippen LogP contribution in [-0.2, 0) is 11.2 Å². The van der Waals surface area contributed by atoms with Gasteiger partial charge in [-0.2, -0.15) is 0 Å². The van der Waals surface area contributed by atoms with E-state index in [-0.39, 0.29) is 19.1 Å². The van der Waals surface area contributed by atoms with Crippen molar-refractivity contribution in [1.29, 1.82) is 0 Å². The molecule has 0 aliphatic heterocycles. The van der Waals surface area contributed by atoms with E-state index in [4.69, 9.17) is 9.84 Å². The standard InChI is InChI=1S/C16H23NO4/c1-2-17-16(15(19)20,13-5-6-13)11-21-14-7-3-12(4-8-14)9-10-18/h3-4,7-8,13,17-18H,2,5-6,9-11H2,1H3,(H,19,20). The molecule has 2 rings (SSSR count). The normalized spacial score (nSPS) is 17.2. The summed E-state index contributed by atoms with van der Waals surface area (Å²) in [5.41, 5.74) is 0.0432. The first-order valence-electron chi connectivity index (χ1n) is 7.43. The Hall–Kier alpha value is -1.59. The summed E-state index contributed by atoms with van der Waals surface area (Å²) in [4.78, 5) is 11.7. The molecule has 116 valence electrons. The van der Waals surface area contributed by atoms with Crippen LogP contribution in [0, 0.1) is 5.92 Å². The van der Waals surface area contributed by atoms with E-state index in [0.29, 0.717) is 18.7 Å². The molecule has 1 saturated carbocycles. The molecule has 1 aliphatic rings. The first-order chi connectivity index (χ1) is 10.1. The van der Waals surface area contributed by atoms with Gasteiger partial charge in [-0.15, -0.1) is 0 Å². The largest absolute Gasteiger partial charge is 0.491 e. The second kappa shape index (κ2) is 6.91. The minimum atomic E-state index is -0.988. The van der Waals surface area contributed by atoms with Crippen LogP contribution in [0.3, 0.4) is 0 Å². The smallest absolute Gasteiger partial charge is 0.327 e. The summed E-state index contributed by atoms with van der Waals surface area (Å²) >= 11 is 0. The second-order valence-electron chi connectivity index (χ2n) is 5.49. The molecule has 5 nitrogen and oxygen atoms in total. The highest BCUT2D eigenvalue weighted by atomic mass is 16.5. The number of ether oxygens (including phenoxy) is 1. The molecule has 5 heteroatoms. The van der Waals surface area contributed by atoms with E-state index in [9.17, 15) is 9.90 Å². The molecule has 1 aromatic carbocycles. The third-order valence-corrected chi connectivity index (χ3v) is 3.94. The van der Waals surface area contributed by atoms with Crippen molar-refractivity contribution >= 4 is 5.97 Å². The molecule has 21 heavy (non-hydrogen) atoms. The molecule has 1 aromatic rings. The molecule has 0 spiro atoms. The Bertz CT molecular complexity index is 470. The van der Waals surface area contributed by atoms with Gasteiger partial charge in [0.1, 0.15) is 12.4 Å². The van der Waals surface area contributed by atoms with Gasteiger partial charge in [-0.3, -0.25) is 10.1 Å². The van der Waals surface area contributed by atoms with Crippen molar-refractivity contribution in [3.05, 3.63) is 29.8 Å². The van der Waals surface area contributed by atoms with Gasteiger partial charge in [0.15, 0.2) is 5.54 Å². The fourth-order valence-electron chi connectivity index (χ4n) is 2.60. The summed E-state index contributed by atoms with van der Waals surface area (Å²) in [6, 6.07) is 7.41. The lowest BCUT2D eigenvalue weighted by molar-refractivity contribution is -0.147. The first kappa shape index (κ1) is 15.8. The SMILES string of the molecule is CCNC(COc1ccc(CCO)cc1)(C(=O)O)C1CC1. The van der Waals surface area contributed by atoms with Gasteiger partial charge in [0.05, 0.1) is 0 Å². The van der Waals surface area contributed by atoms with E-state index in [1.165, 1.54) is 0 Å². The predicted octanol–water partition coefficient (Wildman–Crippen LogP) is 1.44. The van der Waals surface area contributed by atoms with E-state index >= 15 is 0 Å². The Kier molecular flexibility index (Phi) is 5.20. The number of hydrogen-bond acceptors (Lipinski definition) is 4. The van der Waals surface area contributed by atoms with Crippen LogP contribution >= 0.6 is 0 Å². The average molecular weight is 293 g/mol. The number of hydrogen-bond donors (Lipinski definition) is 3. The summed E-state index contributed by atoms with van der Waals surface area (Å²) in [6.07, 6.45) is 2.47. The maximum absolute atomic E-state index is 11.7. The van der Waals surface area contributed by atoms with Crippen LogP contribution in [0.4, 0.5) is 0 Å². The third kappa shape index (κ3) is 3.74. The highest BCUT2D eigenvalue weighted by Crippen LogP contribution is 2.40. The van der Waals surface area contributed by atoms with E-state index in [1.54, 1.807) is 0 Å². The summed E-state index contributed by atoms with van der Waals surface area (Å²) in [6.45, 7) is 2.75. The van der Waals surface area contributed by atoms with Crippen LogP contribution in [-0.4, -0.2) is 41.5 Å². The van der Waals surface area contributed by atoms with Gasteiger partial charge in [-0.05, 0) is 49.4 Å². The van der Waals surface area contributed by atoms with Gasteiger partial charge in [0.2, 0.25) is 0 Å². The van der Waals surface area contributed by atoms with Gasteiger partial charge in [0.25, 0.3) is 0 Å². The zero-order valence-electron chi connectivity index (χ0n) is 12.3. The summed E-state index contributed by atoms with van der Waals surface area (Å²) in [7, 11) is 0. The van der Waals surface area contributed by atoms with Crippen molar-refractivity contribution in [2.45, 2.75) is 31.7 Å². The number of aliphatic hydroxyl groups excluding tert-OH is 1. The highest BCUT2D eigenvalue weighted by Gasteiger charge is 2.51. The number of rotatable bonds is 9. The third-order valence-electron chi connectivity index (χ3n) is 3.94. The van der Waals surface area contributed by atoms with E-state index in [1.807, 2.05) is 31.2 Å². The molecule has 0 bridgehead atoms. The lowest BCUT2D eigenvalue weighted by Crippen LogP contribution is -2.58. The van der Waals surface area contributed by atoms with E-state index < -0.39 is 11.5 Å². The molecule has 0 saturated heterocycles. The molecule has 0 heterocycles. The van der Waals surface area contributed by atoms with Crippen molar-refractivity contribution in [3.63, 3.8) is 0 Å². The molecule has 1 unspecified atom stereocenters. The van der Waals surface area contributed by atoms with Crippen LogP contribution < -0.4 is 10.1 Å². The fourth-order valence-corrected chi connectivity index (χ4v) is 2.60. The number of aliphatic hydroxyl groups is 1.